The average Bonchev–Trinajstić information content (AvgIpc) is 2.87. The Hall–Kier alpha value is -1.20. The molecule has 1 amide bonds. The molecule has 0 bridgehead atoms. The van der Waals surface area contributed by atoms with Gasteiger partial charge in [0.2, 0.25) is 0 Å². The zero-order chi connectivity index (χ0) is 12.3. The van der Waals surface area contributed by atoms with Crippen molar-refractivity contribution in [1.29, 1.82) is 0 Å². The number of rotatable bonds is 3. The fraction of sp³-hybridized carbons (Fsp3) is 0.500. The number of nitrogens with one attached hydrogen (secondary N) is 1. The topological polar surface area (TPSA) is 49.4 Å². The second-order valence-electron chi connectivity index (χ2n) is 3.99. The molecular formula is C12H16N2O2S. The van der Waals surface area contributed by atoms with Gasteiger partial charge in [0.25, 0.3) is 11.7 Å². The van der Waals surface area contributed by atoms with Crippen molar-refractivity contribution in [2.45, 2.75) is 13.3 Å². The number of nitrogens with zero attached hydrogens (tertiary/aromatic N) is 1. The molecule has 0 radical (unpaired) electrons. The van der Waals surface area contributed by atoms with Gasteiger partial charge in [-0.3, -0.25) is 9.59 Å². The zero-order valence-corrected chi connectivity index (χ0v) is 10.7. The molecule has 4 nitrogen and oxygen atoms in total. The van der Waals surface area contributed by atoms with Gasteiger partial charge in [-0.05, 0) is 18.6 Å². The summed E-state index contributed by atoms with van der Waals surface area (Å²) in [5.74, 6) is -0.729. The van der Waals surface area contributed by atoms with Crippen LogP contribution in [0.1, 0.15) is 21.5 Å². The summed E-state index contributed by atoms with van der Waals surface area (Å²) in [7, 11) is 0. The molecule has 92 valence electrons. The van der Waals surface area contributed by atoms with Crippen LogP contribution in [0.2, 0.25) is 0 Å². The minimum absolute atomic E-state index is 0.364. The van der Waals surface area contributed by atoms with E-state index in [1.807, 2.05) is 13.0 Å². The van der Waals surface area contributed by atoms with Gasteiger partial charge in [0, 0.05) is 31.1 Å². The fourth-order valence-corrected chi connectivity index (χ4v) is 2.69. The highest BCUT2D eigenvalue weighted by atomic mass is 32.1. The predicted molar refractivity (Wildman–Crippen MR) is 67.5 cm³/mol. The van der Waals surface area contributed by atoms with Gasteiger partial charge in [-0.15, -0.1) is 11.3 Å². The Kier molecular flexibility index (Phi) is 3.91. The number of piperazine rings is 1. The summed E-state index contributed by atoms with van der Waals surface area (Å²) < 4.78 is 0. The van der Waals surface area contributed by atoms with Crippen LogP contribution in [-0.2, 0) is 11.2 Å². The third kappa shape index (κ3) is 2.73. The van der Waals surface area contributed by atoms with E-state index in [4.69, 9.17) is 0 Å². The van der Waals surface area contributed by atoms with Gasteiger partial charge in [-0.2, -0.15) is 0 Å². The van der Waals surface area contributed by atoms with E-state index < -0.39 is 0 Å². The Morgan fingerprint density at radius 1 is 1.35 bits per heavy atom. The van der Waals surface area contributed by atoms with Crippen LogP contribution in [0.3, 0.4) is 0 Å². The van der Waals surface area contributed by atoms with E-state index in [9.17, 15) is 9.59 Å². The summed E-state index contributed by atoms with van der Waals surface area (Å²) in [6, 6.07) is 3.68. The molecule has 2 heterocycles. The van der Waals surface area contributed by atoms with Crippen LogP contribution in [-0.4, -0.2) is 42.8 Å². The number of hydrogen-bond acceptors (Lipinski definition) is 4. The van der Waals surface area contributed by atoms with E-state index in [0.717, 1.165) is 24.4 Å². The maximum Gasteiger partial charge on any atom is 0.295 e. The van der Waals surface area contributed by atoms with Crippen LogP contribution < -0.4 is 5.32 Å². The smallest absolute Gasteiger partial charge is 0.295 e. The average molecular weight is 252 g/mol. The molecule has 0 aliphatic carbocycles. The van der Waals surface area contributed by atoms with Crippen LogP contribution >= 0.6 is 11.3 Å². The highest BCUT2D eigenvalue weighted by Gasteiger charge is 2.25. The molecule has 1 aliphatic heterocycles. The molecular weight excluding hydrogens is 236 g/mol. The van der Waals surface area contributed by atoms with Gasteiger partial charge >= 0.3 is 0 Å². The molecule has 1 saturated heterocycles. The molecule has 2 rings (SSSR count). The van der Waals surface area contributed by atoms with Crippen LogP contribution in [0.4, 0.5) is 0 Å². The van der Waals surface area contributed by atoms with Crippen molar-refractivity contribution in [1.82, 2.24) is 10.2 Å². The lowest BCUT2D eigenvalue weighted by molar-refractivity contribution is -0.126. The predicted octanol–water partition coefficient (Wildman–Crippen LogP) is 0.925. The summed E-state index contributed by atoms with van der Waals surface area (Å²) in [6.07, 6.45) is 0.903. The number of Topliss-reactive ketones (excluding diaryl/α,β-unsaturated/α-hetero) is 1. The molecule has 1 aromatic heterocycles. The van der Waals surface area contributed by atoms with E-state index in [0.29, 0.717) is 18.0 Å². The third-order valence-electron chi connectivity index (χ3n) is 2.83. The number of hydrogen-bond donors (Lipinski definition) is 1. The number of thiophene rings is 1. The van der Waals surface area contributed by atoms with Gasteiger partial charge in [0.15, 0.2) is 0 Å². The normalized spacial score (nSPS) is 15.9. The number of carbonyl (C=O) groups is 2. The maximum atomic E-state index is 12.0. The Balaban J connectivity index is 2.05. The maximum absolute atomic E-state index is 12.0. The first kappa shape index (κ1) is 12.3. The quantitative estimate of drug-likeness (QED) is 0.643. The first-order valence-corrected chi connectivity index (χ1v) is 6.67. The molecule has 0 atom stereocenters. The van der Waals surface area contributed by atoms with E-state index in [2.05, 4.69) is 5.32 Å². The Morgan fingerprint density at radius 2 is 2.06 bits per heavy atom. The standard InChI is InChI=1S/C12H16N2O2S/c1-2-9-3-4-10(17-9)11(15)12(16)14-7-5-13-6-8-14/h3-4,13H,2,5-8H2,1H3. The summed E-state index contributed by atoms with van der Waals surface area (Å²) in [5, 5.41) is 3.16. The van der Waals surface area contributed by atoms with Gasteiger partial charge in [0.1, 0.15) is 0 Å². The number of aryl methyl sites for hydroxylation is 1. The molecule has 0 unspecified atom stereocenters. The van der Waals surface area contributed by atoms with E-state index in [-0.39, 0.29) is 11.7 Å². The third-order valence-corrected chi connectivity index (χ3v) is 4.06. The number of amides is 1. The fourth-order valence-electron chi connectivity index (χ4n) is 1.81. The summed E-state index contributed by atoms with van der Waals surface area (Å²) >= 11 is 1.42. The van der Waals surface area contributed by atoms with Crippen molar-refractivity contribution in [3.05, 3.63) is 21.9 Å². The Bertz CT molecular complexity index is 422. The lowest BCUT2D eigenvalue weighted by atomic mass is 10.2. The summed E-state index contributed by atoms with van der Waals surface area (Å²) in [4.78, 5) is 27.3. The highest BCUT2D eigenvalue weighted by Crippen LogP contribution is 2.18. The second kappa shape index (κ2) is 5.42. The second-order valence-corrected chi connectivity index (χ2v) is 5.16. The van der Waals surface area contributed by atoms with Gasteiger partial charge in [0.05, 0.1) is 4.88 Å². The van der Waals surface area contributed by atoms with Crippen molar-refractivity contribution in [3.8, 4) is 0 Å². The SMILES string of the molecule is CCc1ccc(C(=O)C(=O)N2CCNCC2)s1. The number of carbonyl (C=O) groups excluding carboxylic acids is 2. The van der Waals surface area contributed by atoms with Crippen molar-refractivity contribution in [3.63, 3.8) is 0 Å². The van der Waals surface area contributed by atoms with E-state index >= 15 is 0 Å². The molecule has 0 spiro atoms. The van der Waals surface area contributed by atoms with E-state index in [1.165, 1.54) is 11.3 Å². The lowest BCUT2D eigenvalue weighted by Crippen LogP contribution is -2.48. The Morgan fingerprint density at radius 3 is 2.65 bits per heavy atom. The zero-order valence-electron chi connectivity index (χ0n) is 9.86. The van der Waals surface area contributed by atoms with E-state index in [1.54, 1.807) is 11.0 Å². The Labute approximate surface area is 105 Å². The monoisotopic (exact) mass is 252 g/mol. The molecule has 0 aromatic carbocycles. The molecule has 17 heavy (non-hydrogen) atoms. The van der Waals surface area contributed by atoms with Gasteiger partial charge in [-0.1, -0.05) is 6.92 Å². The van der Waals surface area contributed by atoms with Crippen molar-refractivity contribution in [2.24, 2.45) is 0 Å². The van der Waals surface area contributed by atoms with Gasteiger partial charge < -0.3 is 10.2 Å². The minimum Gasteiger partial charge on any atom is -0.333 e. The largest absolute Gasteiger partial charge is 0.333 e. The molecule has 1 fully saturated rings. The summed E-state index contributed by atoms with van der Waals surface area (Å²) in [6.45, 7) is 4.82. The molecule has 5 heteroatoms. The lowest BCUT2D eigenvalue weighted by Gasteiger charge is -2.26. The molecule has 1 N–H and O–H groups in total. The summed E-state index contributed by atoms with van der Waals surface area (Å²) in [5.41, 5.74) is 0. The highest BCUT2D eigenvalue weighted by molar-refractivity contribution is 7.14. The minimum atomic E-state index is -0.365. The van der Waals surface area contributed by atoms with Crippen LogP contribution in [0.5, 0.6) is 0 Å². The van der Waals surface area contributed by atoms with Crippen LogP contribution in [0.25, 0.3) is 0 Å². The molecule has 1 aliphatic rings. The molecule has 0 saturated carbocycles. The van der Waals surface area contributed by atoms with Crippen LogP contribution in [0, 0.1) is 0 Å². The first-order chi connectivity index (χ1) is 8.22. The van der Waals surface area contributed by atoms with Crippen LogP contribution in [0.15, 0.2) is 12.1 Å². The number of ketones is 1. The van der Waals surface area contributed by atoms with Crippen molar-refractivity contribution >= 4 is 23.0 Å². The van der Waals surface area contributed by atoms with Crippen molar-refractivity contribution < 1.29 is 9.59 Å². The molecule has 1 aromatic rings. The first-order valence-electron chi connectivity index (χ1n) is 5.85. The van der Waals surface area contributed by atoms with Crippen molar-refractivity contribution in [2.75, 3.05) is 26.2 Å². The van der Waals surface area contributed by atoms with Gasteiger partial charge in [-0.25, -0.2) is 0 Å².